The summed E-state index contributed by atoms with van der Waals surface area (Å²) in [4.78, 5) is 23.3. The molecule has 7 nitrogen and oxygen atoms in total. The maximum Gasteiger partial charge on any atom is 0.261 e. The van der Waals surface area contributed by atoms with Crippen LogP contribution < -0.4 is 10.5 Å². The highest BCUT2D eigenvalue weighted by Crippen LogP contribution is 2.52. The number of pyridine rings is 1. The third kappa shape index (κ3) is 2.70. The van der Waals surface area contributed by atoms with Crippen LogP contribution in [0, 0.1) is 5.82 Å². The summed E-state index contributed by atoms with van der Waals surface area (Å²) in [7, 11) is 1.63. The Bertz CT molecular complexity index is 1030. The molecule has 5 rings (SSSR count). The van der Waals surface area contributed by atoms with E-state index in [1.807, 2.05) is 18.2 Å². The van der Waals surface area contributed by atoms with E-state index in [0.717, 1.165) is 11.8 Å². The molecular formula is C21H21FN4O3. The molecule has 2 spiro atoms. The largest absolute Gasteiger partial charge is 0.487 e. The molecule has 8 heteroatoms. The number of halogens is 1. The number of nitrogens with two attached hydrogens (primary N) is 1. The number of hydrogen-bond acceptors (Lipinski definition) is 6. The van der Waals surface area contributed by atoms with Crippen LogP contribution in [-0.4, -0.2) is 47.6 Å². The number of nitrogens with zero attached hydrogens (tertiary/aromatic N) is 3. The molecule has 3 aliphatic heterocycles. The van der Waals surface area contributed by atoms with E-state index in [-0.39, 0.29) is 11.9 Å². The molecule has 2 aromatic rings. The van der Waals surface area contributed by atoms with E-state index in [2.05, 4.69) is 9.98 Å². The molecular weight excluding hydrogens is 375 g/mol. The first-order valence-corrected chi connectivity index (χ1v) is 9.58. The van der Waals surface area contributed by atoms with Crippen molar-refractivity contribution in [2.75, 3.05) is 20.3 Å². The average Bonchev–Trinajstić information content (AvgIpc) is 2.92. The van der Waals surface area contributed by atoms with Gasteiger partial charge in [-0.05, 0) is 23.8 Å². The molecule has 0 bridgehead atoms. The maximum atomic E-state index is 13.7. The summed E-state index contributed by atoms with van der Waals surface area (Å²) < 4.78 is 25.6. The van der Waals surface area contributed by atoms with E-state index in [9.17, 15) is 9.18 Å². The molecule has 1 unspecified atom stereocenters. The third-order valence-electron chi connectivity index (χ3n) is 6.08. The Morgan fingerprint density at radius 3 is 2.66 bits per heavy atom. The highest BCUT2D eigenvalue weighted by Gasteiger charge is 2.58. The highest BCUT2D eigenvalue weighted by atomic mass is 19.1. The molecule has 1 amide bonds. The molecule has 1 saturated heterocycles. The minimum Gasteiger partial charge on any atom is -0.487 e. The van der Waals surface area contributed by atoms with Gasteiger partial charge in [-0.1, -0.05) is 6.07 Å². The lowest BCUT2D eigenvalue weighted by atomic mass is 9.73. The SMILES string of the molecule is CN1C(=O)C2(CC3(CCOCC3)Oc3ccc(-c4cncc(F)c4)cc32)N=C1N. The van der Waals surface area contributed by atoms with Crippen molar-refractivity contribution in [2.45, 2.75) is 30.4 Å². The monoisotopic (exact) mass is 396 g/mol. The van der Waals surface area contributed by atoms with Crippen molar-refractivity contribution in [3.63, 3.8) is 0 Å². The van der Waals surface area contributed by atoms with Gasteiger partial charge in [-0.25, -0.2) is 9.38 Å². The predicted octanol–water partition coefficient (Wildman–Crippen LogP) is 2.20. The van der Waals surface area contributed by atoms with Gasteiger partial charge in [0.1, 0.15) is 17.2 Å². The van der Waals surface area contributed by atoms with Crippen molar-refractivity contribution >= 4 is 11.9 Å². The van der Waals surface area contributed by atoms with Gasteiger partial charge in [-0.2, -0.15) is 0 Å². The fraction of sp³-hybridized carbons (Fsp3) is 0.381. The van der Waals surface area contributed by atoms with Crippen LogP contribution >= 0.6 is 0 Å². The Kier molecular flexibility index (Phi) is 3.89. The number of carbonyl (C=O) groups excluding carboxylic acids is 1. The number of ether oxygens (including phenoxy) is 2. The molecule has 3 aliphatic rings. The Hall–Kier alpha value is -3.00. The highest BCUT2D eigenvalue weighted by molar-refractivity contribution is 6.07. The molecule has 0 saturated carbocycles. The Labute approximate surface area is 167 Å². The van der Waals surface area contributed by atoms with Crippen molar-refractivity contribution in [3.05, 3.63) is 48.0 Å². The lowest BCUT2D eigenvalue weighted by Crippen LogP contribution is -2.53. The second-order valence-corrected chi connectivity index (χ2v) is 7.87. The molecule has 29 heavy (non-hydrogen) atoms. The molecule has 1 fully saturated rings. The summed E-state index contributed by atoms with van der Waals surface area (Å²) in [6, 6.07) is 6.92. The summed E-state index contributed by atoms with van der Waals surface area (Å²) in [6.45, 7) is 1.14. The van der Waals surface area contributed by atoms with E-state index in [4.69, 9.17) is 15.2 Å². The van der Waals surface area contributed by atoms with Crippen molar-refractivity contribution in [2.24, 2.45) is 10.7 Å². The molecule has 150 valence electrons. The molecule has 1 aromatic heterocycles. The number of amides is 1. The Morgan fingerprint density at radius 1 is 1.17 bits per heavy atom. The summed E-state index contributed by atoms with van der Waals surface area (Å²) in [5.74, 6) is 0.181. The molecule has 1 aromatic carbocycles. The normalized spacial score (nSPS) is 25.1. The van der Waals surface area contributed by atoms with Gasteiger partial charge in [0.25, 0.3) is 5.91 Å². The zero-order valence-electron chi connectivity index (χ0n) is 16.0. The van der Waals surface area contributed by atoms with Crippen LogP contribution in [-0.2, 0) is 15.1 Å². The van der Waals surface area contributed by atoms with Gasteiger partial charge in [0, 0.05) is 43.6 Å². The average molecular weight is 396 g/mol. The summed E-state index contributed by atoms with van der Waals surface area (Å²) in [5.41, 5.74) is 6.36. The minimum absolute atomic E-state index is 0.181. The van der Waals surface area contributed by atoms with Gasteiger partial charge in [0.05, 0.1) is 19.4 Å². The van der Waals surface area contributed by atoms with Crippen LogP contribution in [0.15, 0.2) is 41.7 Å². The summed E-state index contributed by atoms with van der Waals surface area (Å²) >= 11 is 0. The van der Waals surface area contributed by atoms with Crippen LogP contribution in [0.2, 0.25) is 0 Å². The zero-order chi connectivity index (χ0) is 20.2. The van der Waals surface area contributed by atoms with Gasteiger partial charge in [0.2, 0.25) is 0 Å². The quantitative estimate of drug-likeness (QED) is 0.798. The first-order valence-electron chi connectivity index (χ1n) is 9.58. The second kappa shape index (κ2) is 6.25. The first-order chi connectivity index (χ1) is 13.9. The number of guanidine groups is 1. The number of hydrogen-bond donors (Lipinski definition) is 1. The Balaban J connectivity index is 1.69. The van der Waals surface area contributed by atoms with Gasteiger partial charge in [0.15, 0.2) is 11.5 Å². The maximum absolute atomic E-state index is 13.7. The number of fused-ring (bicyclic) bond motifs is 2. The first kappa shape index (κ1) is 18.1. The number of likely N-dealkylation sites (N-methyl/N-ethyl adjacent to an activating group) is 1. The Morgan fingerprint density at radius 2 is 1.97 bits per heavy atom. The van der Waals surface area contributed by atoms with Crippen molar-refractivity contribution in [1.82, 2.24) is 9.88 Å². The van der Waals surface area contributed by atoms with E-state index in [1.165, 1.54) is 11.0 Å². The van der Waals surface area contributed by atoms with Crippen LogP contribution in [0.25, 0.3) is 11.1 Å². The van der Waals surface area contributed by atoms with E-state index >= 15 is 0 Å². The molecule has 2 N–H and O–H groups in total. The fourth-order valence-corrected chi connectivity index (χ4v) is 4.53. The fourth-order valence-electron chi connectivity index (χ4n) is 4.53. The lowest BCUT2D eigenvalue weighted by molar-refractivity contribution is -0.137. The van der Waals surface area contributed by atoms with Crippen molar-refractivity contribution < 1.29 is 18.7 Å². The topological polar surface area (TPSA) is 90.0 Å². The van der Waals surface area contributed by atoms with Gasteiger partial charge < -0.3 is 15.2 Å². The van der Waals surface area contributed by atoms with E-state index in [0.29, 0.717) is 49.4 Å². The van der Waals surface area contributed by atoms with Crippen LogP contribution in [0.5, 0.6) is 5.75 Å². The van der Waals surface area contributed by atoms with Gasteiger partial charge in [-0.15, -0.1) is 0 Å². The third-order valence-corrected chi connectivity index (χ3v) is 6.08. The minimum atomic E-state index is -1.15. The number of carbonyl (C=O) groups is 1. The zero-order valence-corrected chi connectivity index (χ0v) is 16.0. The number of aliphatic imine (C=N–C) groups is 1. The van der Waals surface area contributed by atoms with E-state index < -0.39 is 17.0 Å². The summed E-state index contributed by atoms with van der Waals surface area (Å²) in [6.07, 6.45) is 4.49. The standard InChI is InChI=1S/C21H21FN4O3/c1-26-18(27)21(25-19(26)23)12-20(4-6-28-7-5-20)29-17-3-2-13(9-16(17)21)14-8-15(22)11-24-10-14/h2-3,8-11H,4-7,12H2,1H3,(H2,23,25). The second-order valence-electron chi connectivity index (χ2n) is 7.87. The van der Waals surface area contributed by atoms with Crippen molar-refractivity contribution in [3.8, 4) is 16.9 Å². The molecule has 4 heterocycles. The number of aromatic nitrogens is 1. The van der Waals surface area contributed by atoms with Crippen LogP contribution in [0.1, 0.15) is 24.8 Å². The lowest BCUT2D eigenvalue weighted by Gasteiger charge is -2.46. The van der Waals surface area contributed by atoms with Gasteiger partial charge >= 0.3 is 0 Å². The molecule has 0 radical (unpaired) electrons. The van der Waals surface area contributed by atoms with Gasteiger partial charge in [-0.3, -0.25) is 14.7 Å². The van der Waals surface area contributed by atoms with E-state index in [1.54, 1.807) is 13.2 Å². The molecule has 0 aliphatic carbocycles. The summed E-state index contributed by atoms with van der Waals surface area (Å²) in [5, 5.41) is 0. The molecule has 1 atom stereocenters. The number of benzene rings is 1. The van der Waals surface area contributed by atoms with Crippen LogP contribution in [0.4, 0.5) is 4.39 Å². The van der Waals surface area contributed by atoms with Crippen molar-refractivity contribution in [1.29, 1.82) is 0 Å². The van der Waals surface area contributed by atoms with Crippen LogP contribution in [0.3, 0.4) is 0 Å². The smallest absolute Gasteiger partial charge is 0.261 e. The number of rotatable bonds is 1. The predicted molar refractivity (Wildman–Crippen MR) is 104 cm³/mol.